The Morgan fingerprint density at radius 1 is 1.11 bits per heavy atom. The number of ether oxygens (including phenoxy) is 1. The number of anilines is 2. The average molecular weight is 520 g/mol. The Balaban J connectivity index is 1.59. The van der Waals surface area contributed by atoms with E-state index in [2.05, 4.69) is 19.9 Å². The van der Waals surface area contributed by atoms with Crippen LogP contribution in [0.5, 0.6) is 5.75 Å². The second-order valence-electron chi connectivity index (χ2n) is 9.50. The molecule has 3 heterocycles. The topological polar surface area (TPSA) is 95.1 Å². The van der Waals surface area contributed by atoms with Crippen molar-refractivity contribution in [2.24, 2.45) is 0 Å². The second-order valence-corrected chi connectivity index (χ2v) is 9.50. The van der Waals surface area contributed by atoms with Gasteiger partial charge in [-0.2, -0.15) is 0 Å². The number of benzene rings is 1. The lowest BCUT2D eigenvalue weighted by Gasteiger charge is -2.27. The highest BCUT2D eigenvalue weighted by Crippen LogP contribution is 2.38. The van der Waals surface area contributed by atoms with Crippen molar-refractivity contribution < 1.29 is 32.3 Å². The number of urea groups is 1. The van der Waals surface area contributed by atoms with Crippen LogP contribution in [0.4, 0.5) is 29.3 Å². The predicted molar refractivity (Wildman–Crippen MR) is 129 cm³/mol. The molecular weight excluding hydrogens is 491 g/mol. The molecule has 2 aliphatic rings. The molecule has 0 radical (unpaired) electrons. The molecule has 9 nitrogen and oxygen atoms in total. The lowest BCUT2D eigenvalue weighted by Crippen LogP contribution is -2.43. The molecule has 0 unspecified atom stereocenters. The lowest BCUT2D eigenvalue weighted by atomic mass is 10.0. The number of rotatable bonds is 8. The van der Waals surface area contributed by atoms with Gasteiger partial charge in [-0.3, -0.25) is 14.6 Å². The quantitative estimate of drug-likeness (QED) is 0.527. The number of imide groups is 1. The largest absolute Gasteiger partial charge is 0.573 e. The van der Waals surface area contributed by atoms with Crippen LogP contribution in [0.2, 0.25) is 0 Å². The van der Waals surface area contributed by atoms with E-state index in [4.69, 9.17) is 0 Å². The minimum absolute atomic E-state index is 0.0182. The Hall–Kier alpha value is -3.67. The number of hydrogen-bond donors (Lipinski definition) is 1. The molecule has 2 fully saturated rings. The van der Waals surface area contributed by atoms with Crippen molar-refractivity contribution in [1.82, 2.24) is 14.8 Å². The zero-order chi connectivity index (χ0) is 26.8. The molecule has 198 valence electrons. The third kappa shape index (κ3) is 6.01. The van der Waals surface area contributed by atoms with E-state index in [-0.39, 0.29) is 24.3 Å². The number of carbonyl (C=O) groups is 3. The van der Waals surface area contributed by atoms with Crippen molar-refractivity contribution in [3.05, 3.63) is 48.3 Å². The van der Waals surface area contributed by atoms with Gasteiger partial charge in [0.25, 0.3) is 5.91 Å². The van der Waals surface area contributed by atoms with Gasteiger partial charge in [0.1, 0.15) is 5.54 Å². The summed E-state index contributed by atoms with van der Waals surface area (Å²) in [6.07, 6.45) is 0.295. The van der Waals surface area contributed by atoms with Crippen LogP contribution in [0.1, 0.15) is 38.7 Å². The first-order valence-corrected chi connectivity index (χ1v) is 11.9. The van der Waals surface area contributed by atoms with E-state index in [1.54, 1.807) is 38.4 Å². The van der Waals surface area contributed by atoms with Crippen LogP contribution in [0.3, 0.4) is 0 Å². The number of hydrogen-bond acceptors (Lipinski definition) is 6. The fraction of sp³-hybridized carbons (Fsp3) is 0.440. The summed E-state index contributed by atoms with van der Waals surface area (Å²) in [5, 5.41) is 2.46. The maximum Gasteiger partial charge on any atom is 0.573 e. The molecule has 2 aliphatic heterocycles. The Morgan fingerprint density at radius 2 is 1.78 bits per heavy atom. The van der Waals surface area contributed by atoms with Gasteiger partial charge in [0.15, 0.2) is 5.75 Å². The zero-order valence-electron chi connectivity index (χ0n) is 20.5. The van der Waals surface area contributed by atoms with Crippen molar-refractivity contribution in [2.45, 2.75) is 51.6 Å². The van der Waals surface area contributed by atoms with E-state index in [0.29, 0.717) is 6.54 Å². The van der Waals surface area contributed by atoms with Crippen molar-refractivity contribution >= 4 is 29.2 Å². The van der Waals surface area contributed by atoms with E-state index in [9.17, 15) is 27.6 Å². The molecule has 2 aromatic rings. The highest BCUT2D eigenvalue weighted by Gasteiger charge is 2.52. The monoisotopic (exact) mass is 519 g/mol. The molecule has 0 saturated carbocycles. The standard InChI is InChI=1S/C25H28F3N5O4/c1-24(2)22(35)33(23(36)32(24)16-17-7-10-29-11-8-17)18-5-6-20(37-25(26,27)28)19(15-18)30-21(34)9-14-31-12-3-4-13-31/h5-8,10-11,15H,3-4,9,12-14,16H2,1-2H3,(H,30,34). The average Bonchev–Trinajstić information content (AvgIpc) is 3.41. The first kappa shape index (κ1) is 26.4. The summed E-state index contributed by atoms with van der Waals surface area (Å²) in [5.41, 5.74) is -0.733. The molecule has 37 heavy (non-hydrogen) atoms. The van der Waals surface area contributed by atoms with Gasteiger partial charge < -0.3 is 19.9 Å². The summed E-state index contributed by atoms with van der Waals surface area (Å²) in [6, 6.07) is 6.12. The highest BCUT2D eigenvalue weighted by atomic mass is 19.4. The van der Waals surface area contributed by atoms with E-state index < -0.39 is 35.5 Å². The Morgan fingerprint density at radius 3 is 2.43 bits per heavy atom. The third-order valence-electron chi connectivity index (χ3n) is 6.49. The van der Waals surface area contributed by atoms with Gasteiger partial charge in [0.05, 0.1) is 11.4 Å². The zero-order valence-corrected chi connectivity index (χ0v) is 20.5. The minimum Gasteiger partial charge on any atom is -0.404 e. The molecule has 0 atom stereocenters. The molecule has 1 aromatic heterocycles. The van der Waals surface area contributed by atoms with Crippen LogP contribution in [0, 0.1) is 0 Å². The van der Waals surface area contributed by atoms with Crippen LogP contribution in [0.25, 0.3) is 0 Å². The smallest absolute Gasteiger partial charge is 0.404 e. The summed E-state index contributed by atoms with van der Waals surface area (Å²) in [4.78, 5) is 47.5. The van der Waals surface area contributed by atoms with Crippen molar-refractivity contribution in [3.8, 4) is 5.75 Å². The summed E-state index contributed by atoms with van der Waals surface area (Å²) in [6.45, 7) is 5.54. The van der Waals surface area contributed by atoms with Gasteiger partial charge in [-0.1, -0.05) is 0 Å². The first-order valence-electron chi connectivity index (χ1n) is 11.9. The summed E-state index contributed by atoms with van der Waals surface area (Å²) in [5.74, 6) is -1.70. The molecule has 2 saturated heterocycles. The summed E-state index contributed by atoms with van der Waals surface area (Å²) < 4.78 is 43.2. The second kappa shape index (κ2) is 10.4. The molecule has 0 spiro atoms. The molecular formula is C25H28F3N5O4. The number of amides is 4. The van der Waals surface area contributed by atoms with Gasteiger partial charge in [-0.05, 0) is 75.7 Å². The Bertz CT molecular complexity index is 1170. The van der Waals surface area contributed by atoms with Crippen LogP contribution >= 0.6 is 0 Å². The van der Waals surface area contributed by atoms with E-state index in [1.807, 2.05) is 0 Å². The molecule has 12 heteroatoms. The van der Waals surface area contributed by atoms with Crippen LogP contribution in [-0.4, -0.2) is 64.2 Å². The fourth-order valence-electron chi connectivity index (χ4n) is 4.45. The first-order chi connectivity index (χ1) is 17.5. The van der Waals surface area contributed by atoms with Crippen molar-refractivity contribution in [1.29, 1.82) is 0 Å². The van der Waals surface area contributed by atoms with Gasteiger partial charge >= 0.3 is 12.4 Å². The Kier molecular flexibility index (Phi) is 7.39. The molecule has 4 rings (SSSR count). The SMILES string of the molecule is CC1(C)C(=O)N(c2ccc(OC(F)(F)F)c(NC(=O)CCN3CCCC3)c2)C(=O)N1Cc1ccncc1. The summed E-state index contributed by atoms with van der Waals surface area (Å²) >= 11 is 0. The van der Waals surface area contributed by atoms with Gasteiger partial charge in [0.2, 0.25) is 5.91 Å². The molecule has 4 amide bonds. The minimum atomic E-state index is -5.00. The van der Waals surface area contributed by atoms with E-state index in [0.717, 1.165) is 48.5 Å². The van der Waals surface area contributed by atoms with E-state index in [1.165, 1.54) is 11.0 Å². The lowest BCUT2D eigenvalue weighted by molar-refractivity contribution is -0.274. The highest BCUT2D eigenvalue weighted by molar-refractivity contribution is 6.23. The number of nitrogens with one attached hydrogen (secondary N) is 1. The van der Waals surface area contributed by atoms with Crippen LogP contribution in [0.15, 0.2) is 42.7 Å². The number of alkyl halides is 3. The number of aromatic nitrogens is 1. The van der Waals surface area contributed by atoms with Gasteiger partial charge in [-0.15, -0.1) is 13.2 Å². The van der Waals surface area contributed by atoms with Crippen molar-refractivity contribution in [2.75, 3.05) is 29.9 Å². The van der Waals surface area contributed by atoms with E-state index >= 15 is 0 Å². The molecule has 0 bridgehead atoms. The Labute approximate surface area is 212 Å². The number of halogens is 3. The normalized spacial score (nSPS) is 18.0. The number of nitrogens with zero attached hydrogens (tertiary/aromatic N) is 4. The van der Waals surface area contributed by atoms with Crippen molar-refractivity contribution in [3.63, 3.8) is 0 Å². The van der Waals surface area contributed by atoms with Crippen LogP contribution in [-0.2, 0) is 16.1 Å². The molecule has 1 N–H and O–H groups in total. The maximum absolute atomic E-state index is 13.3. The number of pyridine rings is 1. The molecule has 0 aliphatic carbocycles. The third-order valence-corrected chi connectivity index (χ3v) is 6.49. The predicted octanol–water partition coefficient (Wildman–Crippen LogP) is 4.15. The maximum atomic E-state index is 13.3. The fourth-order valence-corrected chi connectivity index (χ4v) is 4.45. The van der Waals surface area contributed by atoms with Gasteiger partial charge in [-0.25, -0.2) is 9.69 Å². The number of likely N-dealkylation sites (tertiary alicyclic amines) is 1. The number of carbonyl (C=O) groups excluding carboxylic acids is 3. The summed E-state index contributed by atoms with van der Waals surface area (Å²) in [7, 11) is 0. The van der Waals surface area contributed by atoms with Gasteiger partial charge in [0, 0.05) is 31.9 Å². The molecule has 1 aromatic carbocycles. The van der Waals surface area contributed by atoms with Crippen LogP contribution < -0.4 is 15.0 Å².